The van der Waals surface area contributed by atoms with Gasteiger partial charge < -0.3 is 0 Å². The van der Waals surface area contributed by atoms with Crippen molar-refractivity contribution in [3.05, 3.63) is 34.4 Å². The number of hydrogen-bond acceptors (Lipinski definition) is 4. The third-order valence-corrected chi connectivity index (χ3v) is 2.31. The fourth-order valence-electron chi connectivity index (χ4n) is 0.797. The van der Waals surface area contributed by atoms with Crippen LogP contribution in [0.2, 0.25) is 0 Å². The second-order valence-electron chi connectivity index (χ2n) is 2.16. The van der Waals surface area contributed by atoms with Crippen LogP contribution >= 0.6 is 0 Å². The maximum absolute atomic E-state index is 11.1. The molecule has 6 heteroatoms. The summed E-state index contributed by atoms with van der Waals surface area (Å²) in [7, 11) is 1.27. The zero-order valence-corrected chi connectivity index (χ0v) is 7.61. The molecule has 1 atom stereocenters. The average molecular weight is 201 g/mol. The van der Waals surface area contributed by atoms with E-state index in [9.17, 15) is 14.3 Å². The van der Waals surface area contributed by atoms with Crippen LogP contribution in [0, 0.1) is 10.1 Å². The lowest BCUT2D eigenvalue weighted by Crippen LogP contribution is -1.95. The van der Waals surface area contributed by atoms with E-state index in [2.05, 4.69) is 4.18 Å². The van der Waals surface area contributed by atoms with Gasteiger partial charge in [0.2, 0.25) is 0 Å². The average Bonchev–Trinajstić information content (AvgIpc) is 2.17. The van der Waals surface area contributed by atoms with Gasteiger partial charge in [0.15, 0.2) is 11.1 Å². The van der Waals surface area contributed by atoms with Gasteiger partial charge in [-0.1, -0.05) is 6.07 Å². The smallest absolute Gasteiger partial charge is 0.270 e. The van der Waals surface area contributed by atoms with Crippen LogP contribution in [-0.4, -0.2) is 16.2 Å². The highest BCUT2D eigenvalue weighted by Gasteiger charge is 2.09. The first-order valence-electron chi connectivity index (χ1n) is 3.36. The van der Waals surface area contributed by atoms with Gasteiger partial charge in [-0.2, -0.15) is 0 Å². The molecule has 0 heterocycles. The molecule has 0 saturated heterocycles. The Morgan fingerprint density at radius 2 is 2.23 bits per heavy atom. The number of rotatable bonds is 3. The Morgan fingerprint density at radius 1 is 1.54 bits per heavy atom. The molecule has 70 valence electrons. The SMILES string of the molecule is CO[S@](=O)c1cccc([N+](=O)[O-])c1. The highest BCUT2D eigenvalue weighted by molar-refractivity contribution is 7.80. The summed E-state index contributed by atoms with van der Waals surface area (Å²) in [5.74, 6) is 0. The maximum Gasteiger partial charge on any atom is 0.270 e. The standard InChI is InChI=1S/C7H7NO4S/c1-12-13(11)7-4-2-3-6(5-7)8(9)10/h2-5H,1H3/t13-/m0/s1. The van der Waals surface area contributed by atoms with Crippen LogP contribution in [0.25, 0.3) is 0 Å². The van der Waals surface area contributed by atoms with Crippen LogP contribution in [-0.2, 0) is 15.3 Å². The number of hydrogen-bond donors (Lipinski definition) is 0. The van der Waals surface area contributed by atoms with Crippen molar-refractivity contribution < 1.29 is 13.3 Å². The first kappa shape index (κ1) is 9.82. The highest BCUT2D eigenvalue weighted by atomic mass is 32.2. The van der Waals surface area contributed by atoms with E-state index in [1.54, 1.807) is 0 Å². The second-order valence-corrected chi connectivity index (χ2v) is 3.43. The maximum atomic E-state index is 11.1. The predicted molar refractivity (Wildman–Crippen MR) is 46.5 cm³/mol. The van der Waals surface area contributed by atoms with Gasteiger partial charge in [0.1, 0.15) is 0 Å². The molecule has 0 bridgehead atoms. The Balaban J connectivity index is 3.05. The molecule has 0 radical (unpaired) electrons. The number of nitrogens with zero attached hydrogens (tertiary/aromatic N) is 1. The van der Waals surface area contributed by atoms with Crippen LogP contribution in [0.1, 0.15) is 0 Å². The molecule has 1 aromatic rings. The number of nitro benzene ring substituents is 1. The van der Waals surface area contributed by atoms with Gasteiger partial charge in [-0.3, -0.25) is 14.3 Å². The Bertz CT molecular complexity index is 352. The lowest BCUT2D eigenvalue weighted by Gasteiger charge is -1.97. The van der Waals surface area contributed by atoms with Crippen molar-refractivity contribution in [1.29, 1.82) is 0 Å². The zero-order chi connectivity index (χ0) is 9.84. The molecule has 0 fully saturated rings. The van der Waals surface area contributed by atoms with E-state index in [4.69, 9.17) is 0 Å². The van der Waals surface area contributed by atoms with Gasteiger partial charge in [0, 0.05) is 12.1 Å². The lowest BCUT2D eigenvalue weighted by atomic mass is 10.3. The predicted octanol–water partition coefficient (Wildman–Crippen LogP) is 1.26. The molecular formula is C7H7NO4S. The summed E-state index contributed by atoms with van der Waals surface area (Å²) in [6.07, 6.45) is 0. The van der Waals surface area contributed by atoms with E-state index >= 15 is 0 Å². The Labute approximate surface area is 77.1 Å². The minimum absolute atomic E-state index is 0.0945. The molecule has 1 aromatic carbocycles. The third-order valence-electron chi connectivity index (χ3n) is 1.37. The molecule has 0 aliphatic rings. The molecule has 0 spiro atoms. The van der Waals surface area contributed by atoms with Crippen molar-refractivity contribution in [2.45, 2.75) is 4.90 Å². The van der Waals surface area contributed by atoms with Crippen molar-refractivity contribution >= 4 is 16.8 Å². The Hall–Kier alpha value is -1.27. The first-order valence-corrected chi connectivity index (χ1v) is 4.43. The summed E-state index contributed by atoms with van der Waals surface area (Å²) in [5.41, 5.74) is -0.0945. The van der Waals surface area contributed by atoms with Crippen molar-refractivity contribution in [2.75, 3.05) is 7.11 Å². The van der Waals surface area contributed by atoms with E-state index in [0.29, 0.717) is 0 Å². The van der Waals surface area contributed by atoms with Crippen LogP contribution in [0.15, 0.2) is 29.2 Å². The summed E-state index contributed by atoms with van der Waals surface area (Å²) < 4.78 is 15.6. The van der Waals surface area contributed by atoms with Gasteiger partial charge >= 0.3 is 0 Å². The molecule has 13 heavy (non-hydrogen) atoms. The number of nitro groups is 1. The van der Waals surface area contributed by atoms with Crippen LogP contribution < -0.4 is 0 Å². The fraction of sp³-hybridized carbons (Fsp3) is 0.143. The van der Waals surface area contributed by atoms with Crippen molar-refractivity contribution in [1.82, 2.24) is 0 Å². The first-order chi connectivity index (χ1) is 6.15. The summed E-state index contributed by atoms with van der Waals surface area (Å²) in [5, 5.41) is 10.3. The van der Waals surface area contributed by atoms with E-state index in [-0.39, 0.29) is 10.6 Å². The minimum atomic E-state index is -1.62. The summed E-state index contributed by atoms with van der Waals surface area (Å²) in [4.78, 5) is 10.1. The lowest BCUT2D eigenvalue weighted by molar-refractivity contribution is -0.385. The van der Waals surface area contributed by atoms with Gasteiger partial charge in [-0.15, -0.1) is 0 Å². The molecule has 0 unspecified atom stereocenters. The molecular weight excluding hydrogens is 194 g/mol. The van der Waals surface area contributed by atoms with E-state index in [0.717, 1.165) is 0 Å². The quantitative estimate of drug-likeness (QED) is 0.545. The monoisotopic (exact) mass is 201 g/mol. The van der Waals surface area contributed by atoms with E-state index in [1.165, 1.54) is 31.4 Å². The third kappa shape index (κ3) is 2.33. The molecule has 0 aromatic heterocycles. The highest BCUT2D eigenvalue weighted by Crippen LogP contribution is 2.15. The second kappa shape index (κ2) is 4.11. The van der Waals surface area contributed by atoms with Gasteiger partial charge in [0.25, 0.3) is 5.69 Å². The van der Waals surface area contributed by atoms with Crippen molar-refractivity contribution in [2.24, 2.45) is 0 Å². The topological polar surface area (TPSA) is 69.4 Å². The number of non-ortho nitro benzene ring substituents is 1. The van der Waals surface area contributed by atoms with Gasteiger partial charge in [-0.25, -0.2) is 4.21 Å². The molecule has 5 nitrogen and oxygen atoms in total. The molecule has 1 rings (SSSR count). The van der Waals surface area contributed by atoms with E-state index in [1.807, 2.05) is 0 Å². The van der Waals surface area contributed by atoms with Crippen LogP contribution in [0.4, 0.5) is 5.69 Å². The van der Waals surface area contributed by atoms with Crippen LogP contribution in [0.5, 0.6) is 0 Å². The van der Waals surface area contributed by atoms with Gasteiger partial charge in [-0.05, 0) is 6.07 Å². The summed E-state index contributed by atoms with van der Waals surface area (Å²) in [6, 6.07) is 5.52. The summed E-state index contributed by atoms with van der Waals surface area (Å²) >= 11 is -1.62. The number of benzene rings is 1. The Morgan fingerprint density at radius 3 is 2.77 bits per heavy atom. The molecule has 0 amide bonds. The van der Waals surface area contributed by atoms with Crippen molar-refractivity contribution in [3.8, 4) is 0 Å². The van der Waals surface area contributed by atoms with Gasteiger partial charge in [0.05, 0.1) is 16.9 Å². The molecule has 0 N–H and O–H groups in total. The largest absolute Gasteiger partial charge is 0.290 e. The summed E-state index contributed by atoms with van der Waals surface area (Å²) in [6.45, 7) is 0. The van der Waals surface area contributed by atoms with Crippen molar-refractivity contribution in [3.63, 3.8) is 0 Å². The Kier molecular flexibility index (Phi) is 3.10. The minimum Gasteiger partial charge on any atom is -0.290 e. The normalized spacial score (nSPS) is 12.4. The molecule has 0 aliphatic heterocycles. The zero-order valence-electron chi connectivity index (χ0n) is 6.80. The fourth-order valence-corrected chi connectivity index (χ4v) is 1.40. The molecule has 0 aliphatic carbocycles. The van der Waals surface area contributed by atoms with Crippen LogP contribution in [0.3, 0.4) is 0 Å². The molecule has 0 saturated carbocycles. The van der Waals surface area contributed by atoms with E-state index < -0.39 is 16.0 Å².